The van der Waals surface area contributed by atoms with Crippen LogP contribution >= 0.6 is 24.0 Å². The number of nitrogens with one attached hydrogen (secondary N) is 2. The second-order valence-corrected chi connectivity index (χ2v) is 8.70. The van der Waals surface area contributed by atoms with E-state index >= 15 is 0 Å². The quantitative estimate of drug-likeness (QED) is 0.197. The lowest BCUT2D eigenvalue weighted by Gasteiger charge is -2.37. The van der Waals surface area contributed by atoms with Crippen molar-refractivity contribution in [2.75, 3.05) is 86.2 Å². The summed E-state index contributed by atoms with van der Waals surface area (Å²) in [5.41, 5.74) is 0. The molecule has 2 rings (SSSR count). The van der Waals surface area contributed by atoms with E-state index < -0.39 is 0 Å². The van der Waals surface area contributed by atoms with Crippen molar-refractivity contribution in [1.29, 1.82) is 0 Å². The van der Waals surface area contributed by atoms with E-state index in [4.69, 9.17) is 4.74 Å². The molecule has 1 atom stereocenters. The van der Waals surface area contributed by atoms with Crippen LogP contribution in [0.1, 0.15) is 26.7 Å². The molecule has 0 aromatic rings. The van der Waals surface area contributed by atoms with Gasteiger partial charge in [0.1, 0.15) is 0 Å². The molecule has 1 amide bonds. The van der Waals surface area contributed by atoms with Crippen molar-refractivity contribution in [3.63, 3.8) is 0 Å². The van der Waals surface area contributed by atoms with Crippen molar-refractivity contribution in [3.05, 3.63) is 0 Å². The minimum atomic E-state index is 0. The normalized spacial score (nSPS) is 21.4. The molecule has 0 radical (unpaired) electrons. The van der Waals surface area contributed by atoms with E-state index in [1.54, 1.807) is 7.11 Å². The van der Waals surface area contributed by atoms with E-state index in [1.807, 2.05) is 7.05 Å². The maximum absolute atomic E-state index is 12.0. The number of aliphatic imine (C=N–C) groups is 1. The number of amides is 1. The van der Waals surface area contributed by atoms with Gasteiger partial charge in [0.05, 0.1) is 13.2 Å². The number of piperazine rings is 1. The van der Waals surface area contributed by atoms with Gasteiger partial charge in [0.2, 0.25) is 5.91 Å². The van der Waals surface area contributed by atoms with Crippen molar-refractivity contribution < 1.29 is 9.53 Å². The van der Waals surface area contributed by atoms with E-state index in [0.717, 1.165) is 44.6 Å². The second-order valence-electron chi connectivity index (χ2n) is 8.70. The minimum absolute atomic E-state index is 0. The first-order chi connectivity index (χ1) is 14.0. The summed E-state index contributed by atoms with van der Waals surface area (Å²) in [6, 6.07) is 0. The van der Waals surface area contributed by atoms with Crippen molar-refractivity contribution in [3.8, 4) is 0 Å². The van der Waals surface area contributed by atoms with Gasteiger partial charge in [-0.15, -0.1) is 24.0 Å². The van der Waals surface area contributed by atoms with Crippen molar-refractivity contribution in [2.24, 2.45) is 16.8 Å². The average Bonchev–Trinajstić information content (AvgIpc) is 2.69. The summed E-state index contributed by atoms with van der Waals surface area (Å²) >= 11 is 0. The van der Waals surface area contributed by atoms with Crippen molar-refractivity contribution in [2.45, 2.75) is 26.7 Å². The van der Waals surface area contributed by atoms with E-state index in [1.165, 1.54) is 32.5 Å². The zero-order valence-corrected chi connectivity index (χ0v) is 21.7. The Balaban J connectivity index is 0.00000450. The minimum Gasteiger partial charge on any atom is -0.383 e. The van der Waals surface area contributed by atoms with Crippen LogP contribution < -0.4 is 10.6 Å². The first-order valence-electron chi connectivity index (χ1n) is 11.2. The van der Waals surface area contributed by atoms with Gasteiger partial charge in [-0.2, -0.15) is 0 Å². The van der Waals surface area contributed by atoms with Crippen LogP contribution in [0, 0.1) is 11.8 Å². The van der Waals surface area contributed by atoms with Crippen molar-refractivity contribution >= 4 is 35.8 Å². The fraction of sp³-hybridized carbons (Fsp3) is 0.905. The van der Waals surface area contributed by atoms with Crippen LogP contribution in [-0.2, 0) is 9.53 Å². The Labute approximate surface area is 200 Å². The summed E-state index contributed by atoms with van der Waals surface area (Å²) in [7, 11) is 3.51. The molecule has 8 nitrogen and oxygen atoms in total. The molecule has 176 valence electrons. The highest BCUT2D eigenvalue weighted by Gasteiger charge is 2.23. The molecule has 2 aliphatic heterocycles. The highest BCUT2D eigenvalue weighted by Crippen LogP contribution is 2.17. The molecule has 30 heavy (non-hydrogen) atoms. The van der Waals surface area contributed by atoms with Gasteiger partial charge in [-0.3, -0.25) is 14.7 Å². The third-order valence-corrected chi connectivity index (χ3v) is 5.65. The zero-order valence-electron chi connectivity index (χ0n) is 19.4. The van der Waals surface area contributed by atoms with E-state index in [2.05, 4.69) is 44.2 Å². The smallest absolute Gasteiger partial charge is 0.234 e. The number of piperidine rings is 1. The number of ether oxygens (including phenoxy) is 1. The largest absolute Gasteiger partial charge is 0.383 e. The molecule has 0 spiro atoms. The molecule has 0 aliphatic carbocycles. The highest BCUT2D eigenvalue weighted by atomic mass is 127. The highest BCUT2D eigenvalue weighted by molar-refractivity contribution is 14.0. The topological polar surface area (TPSA) is 72.4 Å². The lowest BCUT2D eigenvalue weighted by molar-refractivity contribution is -0.122. The monoisotopic (exact) mass is 538 g/mol. The summed E-state index contributed by atoms with van der Waals surface area (Å²) < 4.78 is 4.97. The molecule has 2 fully saturated rings. The number of hydrogen-bond acceptors (Lipinski definition) is 5. The number of guanidine groups is 1. The number of carbonyl (C=O) groups is 1. The number of hydrogen-bond donors (Lipinski definition) is 2. The molecular weight excluding hydrogens is 495 g/mol. The predicted molar refractivity (Wildman–Crippen MR) is 134 cm³/mol. The van der Waals surface area contributed by atoms with Gasteiger partial charge >= 0.3 is 0 Å². The van der Waals surface area contributed by atoms with Crippen molar-refractivity contribution in [1.82, 2.24) is 25.3 Å². The molecule has 2 N–H and O–H groups in total. The second kappa shape index (κ2) is 15.2. The summed E-state index contributed by atoms with van der Waals surface area (Å²) in [4.78, 5) is 23.6. The van der Waals surface area contributed by atoms with Crippen LogP contribution in [0.15, 0.2) is 4.99 Å². The van der Waals surface area contributed by atoms with E-state index in [-0.39, 0.29) is 29.9 Å². The number of carbonyl (C=O) groups excluding carboxylic acids is 1. The number of methoxy groups -OCH3 is 1. The number of likely N-dealkylation sites (tertiary alicyclic amines) is 1. The molecule has 0 aromatic heterocycles. The first-order valence-corrected chi connectivity index (χ1v) is 11.2. The number of rotatable bonds is 9. The number of nitrogens with zero attached hydrogens (tertiary/aromatic N) is 4. The van der Waals surface area contributed by atoms with Gasteiger partial charge in [-0.05, 0) is 31.2 Å². The number of halogens is 1. The van der Waals surface area contributed by atoms with Gasteiger partial charge in [0.25, 0.3) is 0 Å². The van der Waals surface area contributed by atoms with Crippen LogP contribution in [-0.4, -0.2) is 113 Å². The van der Waals surface area contributed by atoms with Crippen LogP contribution in [0.5, 0.6) is 0 Å². The lowest BCUT2D eigenvalue weighted by Crippen LogP contribution is -2.55. The molecule has 2 aliphatic rings. The molecule has 9 heteroatoms. The van der Waals surface area contributed by atoms with Crippen LogP contribution in [0.3, 0.4) is 0 Å². The Hall–Kier alpha value is -0.650. The Morgan fingerprint density at radius 1 is 1.13 bits per heavy atom. The SMILES string of the molecule is CN=C(NCC1CCCN(CC(C)C)C1)N1CCN(CC(=O)NCCOC)CC1.I. The van der Waals surface area contributed by atoms with Gasteiger partial charge in [0.15, 0.2) is 5.96 Å². The molecule has 0 bridgehead atoms. The van der Waals surface area contributed by atoms with Gasteiger partial charge in [0, 0.05) is 66.5 Å². The van der Waals surface area contributed by atoms with Crippen LogP contribution in [0.2, 0.25) is 0 Å². The Kier molecular flexibility index (Phi) is 13.9. The summed E-state index contributed by atoms with van der Waals surface area (Å²) in [5, 5.41) is 6.50. The molecule has 0 saturated carbocycles. The third kappa shape index (κ3) is 10.1. The van der Waals surface area contributed by atoms with Gasteiger partial charge in [-0.1, -0.05) is 13.8 Å². The average molecular weight is 539 g/mol. The fourth-order valence-electron chi connectivity index (χ4n) is 4.24. The Morgan fingerprint density at radius 2 is 1.87 bits per heavy atom. The molecular formula is C21H43IN6O2. The van der Waals surface area contributed by atoms with Crippen LogP contribution in [0.25, 0.3) is 0 Å². The summed E-state index contributed by atoms with van der Waals surface area (Å²) in [6.45, 7) is 14.3. The maximum Gasteiger partial charge on any atom is 0.234 e. The molecule has 0 aromatic carbocycles. The lowest BCUT2D eigenvalue weighted by atomic mass is 9.97. The zero-order chi connectivity index (χ0) is 21.1. The third-order valence-electron chi connectivity index (χ3n) is 5.65. The van der Waals surface area contributed by atoms with E-state index in [0.29, 0.717) is 25.6 Å². The fourth-order valence-corrected chi connectivity index (χ4v) is 4.24. The predicted octanol–water partition coefficient (Wildman–Crippen LogP) is 0.928. The maximum atomic E-state index is 12.0. The van der Waals surface area contributed by atoms with Gasteiger partial charge in [-0.25, -0.2) is 0 Å². The summed E-state index contributed by atoms with van der Waals surface area (Å²) in [5.74, 6) is 2.49. The van der Waals surface area contributed by atoms with E-state index in [9.17, 15) is 4.79 Å². The Bertz CT molecular complexity index is 512. The van der Waals surface area contributed by atoms with Crippen LogP contribution in [0.4, 0.5) is 0 Å². The Morgan fingerprint density at radius 3 is 2.50 bits per heavy atom. The first kappa shape index (κ1) is 27.4. The molecule has 2 heterocycles. The molecule has 2 saturated heterocycles. The standard InChI is InChI=1S/C21H42N6O2.HI/c1-18(2)15-26-8-5-6-19(16-26)14-24-21(22-3)27-11-9-25(10-12-27)17-20(28)23-7-13-29-4;/h18-19H,5-17H2,1-4H3,(H,22,24)(H,23,28);1H. The molecule has 1 unspecified atom stereocenters. The van der Waals surface area contributed by atoms with Gasteiger partial charge < -0.3 is 25.2 Å². The summed E-state index contributed by atoms with van der Waals surface area (Å²) in [6.07, 6.45) is 2.59.